The van der Waals surface area contributed by atoms with E-state index in [0.29, 0.717) is 17.7 Å². The molecule has 3 aromatic carbocycles. The van der Waals surface area contributed by atoms with Gasteiger partial charge in [0.15, 0.2) is 11.5 Å². The first-order valence-corrected chi connectivity index (χ1v) is 12.5. The number of halogens is 7. The summed E-state index contributed by atoms with van der Waals surface area (Å²) in [4.78, 5) is 14.0. The summed E-state index contributed by atoms with van der Waals surface area (Å²) in [6.45, 7) is -0.608. The maximum Gasteiger partial charge on any atom is 0.416 e. The monoisotopic (exact) mass is 619 g/mol. The third kappa shape index (κ3) is 6.00. The first-order chi connectivity index (χ1) is 20.4. The highest BCUT2D eigenvalue weighted by atomic mass is 35.5. The van der Waals surface area contributed by atoms with Crippen molar-refractivity contribution in [1.29, 1.82) is 0 Å². The molecule has 0 atom stereocenters. The fourth-order valence-corrected chi connectivity index (χ4v) is 4.58. The van der Waals surface area contributed by atoms with Crippen molar-refractivity contribution in [3.05, 3.63) is 111 Å². The van der Waals surface area contributed by atoms with Crippen molar-refractivity contribution in [3.8, 4) is 22.6 Å². The summed E-state index contributed by atoms with van der Waals surface area (Å²) in [6, 6.07) is 15.5. The number of carbonyl (C=O) groups is 1. The van der Waals surface area contributed by atoms with E-state index in [2.05, 4.69) is 20.6 Å². The maximum absolute atomic E-state index is 14.0. The second-order valence-corrected chi connectivity index (χ2v) is 9.46. The van der Waals surface area contributed by atoms with Crippen LogP contribution in [0, 0.1) is 0 Å². The Balaban J connectivity index is 1.68. The molecule has 220 valence electrons. The van der Waals surface area contributed by atoms with Gasteiger partial charge < -0.3 is 9.73 Å². The van der Waals surface area contributed by atoms with Gasteiger partial charge in [-0.25, -0.2) is 4.68 Å². The highest BCUT2D eigenvalue weighted by molar-refractivity contribution is 6.33. The largest absolute Gasteiger partial charge is 0.416 e. The molecule has 0 saturated heterocycles. The van der Waals surface area contributed by atoms with Gasteiger partial charge in [-0.15, -0.1) is 5.10 Å². The van der Waals surface area contributed by atoms with Gasteiger partial charge in [0.1, 0.15) is 17.0 Å². The topological polar surface area (TPSA) is 106 Å². The van der Waals surface area contributed by atoms with Crippen LogP contribution >= 0.6 is 11.6 Å². The molecule has 0 aliphatic heterocycles. The maximum atomic E-state index is 14.0. The van der Waals surface area contributed by atoms with Gasteiger partial charge in [0.2, 0.25) is 5.78 Å². The Morgan fingerprint density at radius 3 is 2.19 bits per heavy atom. The molecule has 8 nitrogen and oxygen atoms in total. The molecule has 0 aliphatic carbocycles. The average Bonchev–Trinajstić information content (AvgIpc) is 3.57. The Hall–Kier alpha value is -4.98. The molecule has 0 saturated carbocycles. The quantitative estimate of drug-likeness (QED) is 0.0670. The normalized spacial score (nSPS) is 12.3. The van der Waals surface area contributed by atoms with Crippen molar-refractivity contribution in [2.24, 2.45) is 5.16 Å². The number of nitrogens with zero attached hydrogens (tertiary/aromatic N) is 5. The molecule has 43 heavy (non-hydrogen) atoms. The Morgan fingerprint density at radius 2 is 1.58 bits per heavy atom. The van der Waals surface area contributed by atoms with E-state index in [1.165, 1.54) is 6.07 Å². The van der Waals surface area contributed by atoms with E-state index >= 15 is 0 Å². The van der Waals surface area contributed by atoms with Crippen molar-refractivity contribution < 1.29 is 40.9 Å². The van der Waals surface area contributed by atoms with Crippen LogP contribution < -0.4 is 0 Å². The fraction of sp³-hybridized carbons (Fsp3) is 0.107. The number of benzene rings is 3. The molecule has 0 amide bonds. The summed E-state index contributed by atoms with van der Waals surface area (Å²) in [7, 11) is 0. The van der Waals surface area contributed by atoms with Crippen molar-refractivity contribution in [3.63, 3.8) is 0 Å². The summed E-state index contributed by atoms with van der Waals surface area (Å²) in [5, 5.41) is 23.9. The number of alkyl halides is 6. The number of aromatic nitrogens is 4. The van der Waals surface area contributed by atoms with Gasteiger partial charge in [-0.3, -0.25) is 4.79 Å². The molecule has 0 fully saturated rings. The van der Waals surface area contributed by atoms with Crippen LogP contribution in [0.4, 0.5) is 26.3 Å². The predicted octanol–water partition coefficient (Wildman–Crippen LogP) is 7.38. The van der Waals surface area contributed by atoms with Crippen LogP contribution in [0.1, 0.15) is 38.4 Å². The molecule has 5 rings (SSSR count). The minimum atomic E-state index is -5.06. The Morgan fingerprint density at radius 1 is 0.953 bits per heavy atom. The second-order valence-electron chi connectivity index (χ2n) is 9.05. The predicted molar refractivity (Wildman–Crippen MR) is 141 cm³/mol. The van der Waals surface area contributed by atoms with Crippen LogP contribution in [0.15, 0.2) is 82.5 Å². The third-order valence-electron chi connectivity index (χ3n) is 6.22. The van der Waals surface area contributed by atoms with Gasteiger partial charge in [-0.1, -0.05) is 69.6 Å². The standard InChI is InChI=1S/C28H16ClF6N5O3/c29-20-9-5-4-8-19(20)26-22(21(13-36-42)38-43-26)25(41)23-24(16-6-2-1-3-7-16)40(39-37-23)14-15-10-17(27(30,31)32)12-18(11-15)28(33,34)35/h1-13,42H,14H2. The first kappa shape index (κ1) is 29.5. The van der Waals surface area contributed by atoms with Crippen LogP contribution in [0.25, 0.3) is 22.6 Å². The SMILES string of the molecule is O=C(c1nnn(Cc2cc(C(F)(F)F)cc(C(F)(F)F)c2)c1-c1ccccc1)c1c(C=NO)noc1-c1ccccc1Cl. The number of ketones is 1. The molecular formula is C28H16ClF6N5O3. The van der Waals surface area contributed by atoms with Crippen LogP contribution in [0.3, 0.4) is 0 Å². The number of rotatable bonds is 7. The highest BCUT2D eigenvalue weighted by Gasteiger charge is 2.37. The van der Waals surface area contributed by atoms with Crippen LogP contribution in [-0.2, 0) is 18.9 Å². The number of carbonyl (C=O) groups excluding carboxylic acids is 1. The van der Waals surface area contributed by atoms with Crippen LogP contribution in [0.5, 0.6) is 0 Å². The second kappa shape index (κ2) is 11.4. The molecule has 15 heteroatoms. The first-order valence-electron chi connectivity index (χ1n) is 12.1. The van der Waals surface area contributed by atoms with E-state index in [-0.39, 0.29) is 45.1 Å². The van der Waals surface area contributed by atoms with Crippen molar-refractivity contribution in [1.82, 2.24) is 20.2 Å². The third-order valence-corrected chi connectivity index (χ3v) is 6.55. The van der Waals surface area contributed by atoms with Crippen LogP contribution in [0.2, 0.25) is 5.02 Å². The van der Waals surface area contributed by atoms with E-state index in [1.807, 2.05) is 0 Å². The summed E-state index contributed by atoms with van der Waals surface area (Å²) in [6.07, 6.45) is -9.28. The number of oxime groups is 1. The molecule has 2 heterocycles. The zero-order valence-electron chi connectivity index (χ0n) is 21.4. The lowest BCUT2D eigenvalue weighted by Crippen LogP contribution is -2.14. The van der Waals surface area contributed by atoms with Gasteiger partial charge >= 0.3 is 12.4 Å². The van der Waals surface area contributed by atoms with Crippen molar-refractivity contribution >= 4 is 23.6 Å². The summed E-state index contributed by atoms with van der Waals surface area (Å²) >= 11 is 6.30. The highest BCUT2D eigenvalue weighted by Crippen LogP contribution is 2.38. The average molecular weight is 620 g/mol. The Bertz CT molecular complexity index is 1800. The molecule has 5 aromatic rings. The number of hydrogen-bond donors (Lipinski definition) is 1. The van der Waals surface area contributed by atoms with Gasteiger partial charge in [0.05, 0.1) is 28.9 Å². The summed E-state index contributed by atoms with van der Waals surface area (Å²) in [5.41, 5.74) is -3.60. The molecule has 0 spiro atoms. The van der Waals surface area contributed by atoms with E-state index in [0.717, 1.165) is 10.9 Å². The smallest absolute Gasteiger partial charge is 0.411 e. The zero-order chi connectivity index (χ0) is 30.9. The van der Waals surface area contributed by atoms with Crippen molar-refractivity contribution in [2.45, 2.75) is 18.9 Å². The summed E-state index contributed by atoms with van der Waals surface area (Å²) in [5.74, 6) is -0.956. The lowest BCUT2D eigenvalue weighted by molar-refractivity contribution is -0.143. The van der Waals surface area contributed by atoms with E-state index in [4.69, 9.17) is 21.3 Å². The molecule has 0 aliphatic rings. The molecule has 2 aromatic heterocycles. The molecule has 0 bridgehead atoms. The minimum Gasteiger partial charge on any atom is -0.411 e. The van der Waals surface area contributed by atoms with Gasteiger partial charge in [0.25, 0.3) is 0 Å². The lowest BCUT2D eigenvalue weighted by Gasteiger charge is -2.15. The minimum absolute atomic E-state index is 0.0181. The summed E-state index contributed by atoms with van der Waals surface area (Å²) < 4.78 is 87.3. The van der Waals surface area contributed by atoms with Crippen molar-refractivity contribution in [2.75, 3.05) is 0 Å². The van der Waals surface area contributed by atoms with E-state index in [9.17, 15) is 31.1 Å². The Labute approximate surface area is 242 Å². The fourth-order valence-electron chi connectivity index (χ4n) is 4.35. The van der Waals surface area contributed by atoms with Gasteiger partial charge in [-0.2, -0.15) is 26.3 Å². The van der Waals surface area contributed by atoms with Gasteiger partial charge in [0, 0.05) is 11.1 Å². The van der Waals surface area contributed by atoms with Gasteiger partial charge in [-0.05, 0) is 35.9 Å². The molecule has 0 radical (unpaired) electrons. The molecular weight excluding hydrogens is 604 g/mol. The molecule has 1 N–H and O–H groups in total. The number of hydrogen-bond acceptors (Lipinski definition) is 7. The zero-order valence-corrected chi connectivity index (χ0v) is 22.1. The van der Waals surface area contributed by atoms with E-state index in [1.54, 1.807) is 48.5 Å². The van der Waals surface area contributed by atoms with Crippen LogP contribution in [-0.4, -0.2) is 37.4 Å². The molecule has 0 unspecified atom stereocenters. The lowest BCUT2D eigenvalue weighted by atomic mass is 9.98. The Kier molecular flexibility index (Phi) is 7.80. The van der Waals surface area contributed by atoms with E-state index < -0.39 is 41.4 Å².